The van der Waals surface area contributed by atoms with Crippen LogP contribution in [-0.2, 0) is 6.61 Å². The van der Waals surface area contributed by atoms with Crippen LogP contribution in [0.15, 0.2) is 24.3 Å². The number of nitrogens with zero attached hydrogens (tertiary/aromatic N) is 1. The highest BCUT2D eigenvalue weighted by molar-refractivity contribution is 7.16. The molecule has 0 unspecified atom stereocenters. The minimum Gasteiger partial charge on any atom is -0.391 e. The van der Waals surface area contributed by atoms with Gasteiger partial charge in [-0.1, -0.05) is 11.6 Å². The second-order valence-electron chi connectivity index (χ2n) is 2.90. The molecule has 0 aliphatic heterocycles. The second-order valence-corrected chi connectivity index (χ2v) is 4.57. The number of benzene rings is 1. The van der Waals surface area contributed by atoms with Crippen molar-refractivity contribution in [2.75, 3.05) is 0 Å². The van der Waals surface area contributed by atoms with Crippen molar-refractivity contribution in [3.05, 3.63) is 39.4 Å². The first-order valence-electron chi connectivity index (χ1n) is 4.22. The van der Waals surface area contributed by atoms with Gasteiger partial charge in [0.05, 0.1) is 17.2 Å². The Balaban J connectivity index is 2.48. The lowest BCUT2D eigenvalue weighted by Crippen LogP contribution is -1.85. The van der Waals surface area contributed by atoms with Gasteiger partial charge in [-0.25, -0.2) is 9.37 Å². The molecule has 1 N–H and O–H groups in total. The third-order valence-corrected chi connectivity index (χ3v) is 3.08. The fourth-order valence-electron chi connectivity index (χ4n) is 1.26. The largest absolute Gasteiger partial charge is 0.391 e. The van der Waals surface area contributed by atoms with E-state index in [1.54, 1.807) is 12.1 Å². The topological polar surface area (TPSA) is 33.1 Å². The molecule has 1 heterocycles. The Morgan fingerprint density at radius 1 is 1.33 bits per heavy atom. The number of aliphatic hydroxyl groups is 1. The number of hydrogen-bond acceptors (Lipinski definition) is 3. The van der Waals surface area contributed by atoms with Crippen molar-refractivity contribution < 1.29 is 9.50 Å². The van der Waals surface area contributed by atoms with E-state index in [9.17, 15) is 4.39 Å². The number of halogens is 2. The smallest absolute Gasteiger partial charge is 0.184 e. The molecular weight excluding hydrogens is 237 g/mol. The molecule has 0 saturated carbocycles. The molecule has 0 aliphatic carbocycles. The Bertz CT molecular complexity index is 469. The summed E-state index contributed by atoms with van der Waals surface area (Å²) in [5.41, 5.74) is 1.37. The van der Waals surface area contributed by atoms with E-state index in [1.807, 2.05) is 0 Å². The molecule has 2 rings (SSSR count). The number of thiazole rings is 1. The summed E-state index contributed by atoms with van der Waals surface area (Å²) in [5, 5.41) is 9.09. The van der Waals surface area contributed by atoms with E-state index in [1.165, 1.54) is 23.5 Å². The highest BCUT2D eigenvalue weighted by Crippen LogP contribution is 2.30. The highest BCUT2D eigenvalue weighted by Gasteiger charge is 2.10. The predicted molar refractivity (Wildman–Crippen MR) is 58.4 cm³/mol. The van der Waals surface area contributed by atoms with E-state index in [4.69, 9.17) is 16.7 Å². The fraction of sp³-hybridized carbons (Fsp3) is 0.100. The van der Waals surface area contributed by atoms with Crippen LogP contribution in [0.5, 0.6) is 0 Å². The zero-order valence-corrected chi connectivity index (χ0v) is 9.15. The average Bonchev–Trinajstić information content (AvgIpc) is 2.61. The quantitative estimate of drug-likeness (QED) is 0.879. The Morgan fingerprint density at radius 3 is 2.60 bits per heavy atom. The SMILES string of the molecule is OCc1sc(Cl)nc1-c1ccc(F)cc1. The predicted octanol–water partition coefficient (Wildman–Crippen LogP) is 3.09. The van der Waals surface area contributed by atoms with Gasteiger partial charge in [-0.05, 0) is 24.3 Å². The first-order valence-corrected chi connectivity index (χ1v) is 5.42. The van der Waals surface area contributed by atoms with Crippen LogP contribution in [0.2, 0.25) is 4.47 Å². The van der Waals surface area contributed by atoms with Crippen molar-refractivity contribution in [3.8, 4) is 11.3 Å². The van der Waals surface area contributed by atoms with Crippen molar-refractivity contribution in [2.45, 2.75) is 6.61 Å². The molecule has 1 aromatic carbocycles. The maximum atomic E-state index is 12.7. The Kier molecular flexibility index (Phi) is 3.00. The highest BCUT2D eigenvalue weighted by atomic mass is 35.5. The Labute approximate surface area is 95.0 Å². The molecular formula is C10H7ClFNOS. The monoisotopic (exact) mass is 243 g/mol. The molecule has 5 heteroatoms. The standard InChI is InChI=1S/C10H7ClFNOS/c11-10-13-9(8(5-14)15-10)6-1-3-7(12)4-2-6/h1-4,14H,5H2. The molecule has 2 aromatic rings. The van der Waals surface area contributed by atoms with Gasteiger partial charge in [0, 0.05) is 5.56 Å². The summed E-state index contributed by atoms with van der Waals surface area (Å²) >= 11 is 6.97. The third-order valence-electron chi connectivity index (χ3n) is 1.93. The summed E-state index contributed by atoms with van der Waals surface area (Å²) in [6.45, 7) is -0.114. The van der Waals surface area contributed by atoms with Gasteiger partial charge in [-0.15, -0.1) is 11.3 Å². The lowest BCUT2D eigenvalue weighted by molar-refractivity contribution is 0.286. The Morgan fingerprint density at radius 2 is 2.00 bits per heavy atom. The van der Waals surface area contributed by atoms with Crippen molar-refractivity contribution in [2.24, 2.45) is 0 Å². The van der Waals surface area contributed by atoms with Crippen LogP contribution in [-0.4, -0.2) is 10.1 Å². The minimum absolute atomic E-state index is 0.114. The van der Waals surface area contributed by atoms with E-state index in [0.29, 0.717) is 15.0 Å². The summed E-state index contributed by atoms with van der Waals surface area (Å²) < 4.78 is 13.1. The molecule has 0 spiro atoms. The molecule has 0 bridgehead atoms. The molecule has 0 atom stereocenters. The van der Waals surface area contributed by atoms with E-state index in [0.717, 1.165) is 5.56 Å². The molecule has 0 saturated heterocycles. The lowest BCUT2D eigenvalue weighted by Gasteiger charge is -1.98. The molecule has 78 valence electrons. The molecule has 15 heavy (non-hydrogen) atoms. The molecule has 0 aliphatic rings. The molecule has 1 aromatic heterocycles. The molecule has 0 amide bonds. The van der Waals surface area contributed by atoms with Crippen molar-refractivity contribution in [1.82, 2.24) is 4.98 Å². The molecule has 0 radical (unpaired) electrons. The maximum Gasteiger partial charge on any atom is 0.184 e. The van der Waals surface area contributed by atoms with Crippen molar-refractivity contribution in [1.29, 1.82) is 0 Å². The van der Waals surface area contributed by atoms with E-state index in [-0.39, 0.29) is 12.4 Å². The zero-order chi connectivity index (χ0) is 10.8. The summed E-state index contributed by atoms with van der Waals surface area (Å²) in [6, 6.07) is 5.92. The third kappa shape index (κ3) is 2.17. The van der Waals surface area contributed by atoms with Gasteiger partial charge < -0.3 is 5.11 Å². The van der Waals surface area contributed by atoms with Crippen LogP contribution in [0.25, 0.3) is 11.3 Å². The van der Waals surface area contributed by atoms with Crippen molar-refractivity contribution >= 4 is 22.9 Å². The first-order chi connectivity index (χ1) is 7.20. The van der Waals surface area contributed by atoms with E-state index in [2.05, 4.69) is 4.98 Å². The van der Waals surface area contributed by atoms with Gasteiger partial charge in [0.2, 0.25) is 0 Å². The second kappa shape index (κ2) is 4.26. The normalized spacial score (nSPS) is 10.6. The van der Waals surface area contributed by atoms with Gasteiger partial charge in [0.25, 0.3) is 0 Å². The number of aromatic nitrogens is 1. The number of rotatable bonds is 2. The van der Waals surface area contributed by atoms with Crippen LogP contribution in [0, 0.1) is 5.82 Å². The van der Waals surface area contributed by atoms with Gasteiger partial charge in [-0.3, -0.25) is 0 Å². The summed E-state index contributed by atoms with van der Waals surface area (Å²) in [5.74, 6) is -0.300. The maximum absolute atomic E-state index is 12.7. The molecule has 2 nitrogen and oxygen atoms in total. The Hall–Kier alpha value is -0.970. The number of aliphatic hydroxyl groups excluding tert-OH is 1. The minimum atomic E-state index is -0.300. The zero-order valence-electron chi connectivity index (χ0n) is 7.58. The summed E-state index contributed by atoms with van der Waals surface area (Å²) in [4.78, 5) is 4.77. The van der Waals surface area contributed by atoms with Crippen LogP contribution in [0.3, 0.4) is 0 Å². The van der Waals surface area contributed by atoms with E-state index >= 15 is 0 Å². The fourth-order valence-corrected chi connectivity index (χ4v) is 2.29. The van der Waals surface area contributed by atoms with Gasteiger partial charge in [-0.2, -0.15) is 0 Å². The van der Waals surface area contributed by atoms with Gasteiger partial charge in [0.1, 0.15) is 5.82 Å². The van der Waals surface area contributed by atoms with Gasteiger partial charge >= 0.3 is 0 Å². The summed E-state index contributed by atoms with van der Waals surface area (Å²) in [6.07, 6.45) is 0. The summed E-state index contributed by atoms with van der Waals surface area (Å²) in [7, 11) is 0. The van der Waals surface area contributed by atoms with Crippen LogP contribution in [0.1, 0.15) is 4.88 Å². The van der Waals surface area contributed by atoms with E-state index < -0.39 is 0 Å². The average molecular weight is 244 g/mol. The van der Waals surface area contributed by atoms with Crippen LogP contribution >= 0.6 is 22.9 Å². The van der Waals surface area contributed by atoms with Gasteiger partial charge in [0.15, 0.2) is 4.47 Å². The van der Waals surface area contributed by atoms with Crippen LogP contribution in [0.4, 0.5) is 4.39 Å². The van der Waals surface area contributed by atoms with Crippen molar-refractivity contribution in [3.63, 3.8) is 0 Å². The number of hydrogen-bond donors (Lipinski definition) is 1. The first kappa shape index (κ1) is 10.5. The molecule has 0 fully saturated rings. The van der Waals surface area contributed by atoms with Crippen LogP contribution < -0.4 is 0 Å². The lowest BCUT2D eigenvalue weighted by atomic mass is 10.1.